The molecule has 0 saturated carbocycles. The van der Waals surface area contributed by atoms with Crippen molar-refractivity contribution >= 4 is 11.9 Å². The number of nitrogens with one attached hydrogen (secondary N) is 1. The fraction of sp³-hybridized carbons (Fsp3) is 0.211. The summed E-state index contributed by atoms with van der Waals surface area (Å²) in [7, 11) is 1.60. The molecule has 1 amide bonds. The highest BCUT2D eigenvalue weighted by Gasteiger charge is 2.12. The van der Waals surface area contributed by atoms with Crippen LogP contribution in [0.15, 0.2) is 52.9 Å². The van der Waals surface area contributed by atoms with Crippen LogP contribution < -0.4 is 14.8 Å². The van der Waals surface area contributed by atoms with Gasteiger partial charge in [-0.1, -0.05) is 17.2 Å². The number of hydrogen-bond acceptors (Lipinski definition) is 6. The van der Waals surface area contributed by atoms with E-state index in [1.165, 1.54) is 0 Å². The van der Waals surface area contributed by atoms with Gasteiger partial charge in [-0.15, -0.1) is 5.10 Å². The van der Waals surface area contributed by atoms with E-state index in [1.807, 2.05) is 31.2 Å². The van der Waals surface area contributed by atoms with E-state index in [1.54, 1.807) is 31.4 Å². The number of benzene rings is 2. The minimum atomic E-state index is -0.237. The minimum absolute atomic E-state index is 0.0618. The predicted octanol–water partition coefficient (Wildman–Crippen LogP) is 3.33. The monoisotopic (exact) mass is 353 g/mol. The molecule has 3 aromatic rings. The Morgan fingerprint density at radius 3 is 2.38 bits per heavy atom. The Morgan fingerprint density at radius 2 is 1.73 bits per heavy atom. The van der Waals surface area contributed by atoms with Crippen molar-refractivity contribution in [3.8, 4) is 23.0 Å². The molecule has 0 aliphatic carbocycles. The van der Waals surface area contributed by atoms with Gasteiger partial charge >= 0.3 is 6.01 Å². The van der Waals surface area contributed by atoms with E-state index in [0.717, 1.165) is 22.6 Å². The average molecular weight is 353 g/mol. The molecule has 3 rings (SSSR count). The number of rotatable bonds is 7. The maximum atomic E-state index is 12.1. The molecule has 1 aromatic heterocycles. The predicted molar refractivity (Wildman–Crippen MR) is 96.2 cm³/mol. The lowest BCUT2D eigenvalue weighted by molar-refractivity contribution is -0.115. The van der Waals surface area contributed by atoms with Crippen molar-refractivity contribution in [1.29, 1.82) is 0 Å². The van der Waals surface area contributed by atoms with Gasteiger partial charge in [-0.3, -0.25) is 10.1 Å². The normalized spacial score (nSPS) is 10.4. The summed E-state index contributed by atoms with van der Waals surface area (Å²) in [6, 6.07) is 14.6. The smallest absolute Gasteiger partial charge is 0.322 e. The van der Waals surface area contributed by atoms with E-state index in [9.17, 15) is 4.79 Å². The van der Waals surface area contributed by atoms with Crippen molar-refractivity contribution in [3.63, 3.8) is 0 Å². The number of hydrogen-bond donors (Lipinski definition) is 1. The van der Waals surface area contributed by atoms with Gasteiger partial charge in [0.2, 0.25) is 11.8 Å². The minimum Gasteiger partial charge on any atom is -0.497 e. The first-order valence-corrected chi connectivity index (χ1v) is 8.17. The molecule has 0 aliphatic heterocycles. The van der Waals surface area contributed by atoms with E-state index >= 15 is 0 Å². The Bertz CT molecular complexity index is 857. The van der Waals surface area contributed by atoms with Crippen molar-refractivity contribution in [3.05, 3.63) is 54.1 Å². The van der Waals surface area contributed by atoms with Gasteiger partial charge in [0.05, 0.1) is 20.1 Å². The molecular formula is C19H19N3O4. The van der Waals surface area contributed by atoms with Crippen LogP contribution >= 0.6 is 0 Å². The van der Waals surface area contributed by atoms with E-state index < -0.39 is 0 Å². The third-order valence-electron chi connectivity index (χ3n) is 3.61. The van der Waals surface area contributed by atoms with E-state index in [4.69, 9.17) is 13.9 Å². The van der Waals surface area contributed by atoms with Crippen LogP contribution in [0, 0.1) is 0 Å². The summed E-state index contributed by atoms with van der Waals surface area (Å²) in [6.45, 7) is 2.53. The Kier molecular flexibility index (Phi) is 5.48. The molecule has 7 heteroatoms. The van der Waals surface area contributed by atoms with Crippen molar-refractivity contribution in [2.24, 2.45) is 0 Å². The zero-order chi connectivity index (χ0) is 18.4. The van der Waals surface area contributed by atoms with Gasteiger partial charge in [-0.2, -0.15) is 0 Å². The Balaban J connectivity index is 1.60. The molecule has 1 N–H and O–H groups in total. The SMILES string of the molecule is CCOc1ccc(CC(=O)Nc2nnc(-c3ccc(OC)cc3)o2)cc1. The van der Waals surface area contributed by atoms with Crippen molar-refractivity contribution in [2.75, 3.05) is 19.0 Å². The number of nitrogens with zero attached hydrogens (tertiary/aromatic N) is 2. The molecule has 7 nitrogen and oxygen atoms in total. The summed E-state index contributed by atoms with van der Waals surface area (Å²) < 4.78 is 16.0. The number of anilines is 1. The molecule has 0 spiro atoms. The number of carbonyl (C=O) groups is 1. The Hall–Kier alpha value is -3.35. The molecule has 0 unspecified atom stereocenters. The van der Waals surface area contributed by atoms with Crippen LogP contribution in [0.2, 0.25) is 0 Å². The zero-order valence-electron chi connectivity index (χ0n) is 14.6. The Morgan fingerprint density at radius 1 is 1.04 bits per heavy atom. The second kappa shape index (κ2) is 8.15. The number of carbonyl (C=O) groups excluding carboxylic acids is 1. The van der Waals surface area contributed by atoms with E-state index in [2.05, 4.69) is 15.5 Å². The van der Waals surface area contributed by atoms with Crippen LogP contribution in [0.1, 0.15) is 12.5 Å². The molecule has 1 heterocycles. The van der Waals surface area contributed by atoms with Crippen LogP contribution in [-0.2, 0) is 11.2 Å². The van der Waals surface area contributed by atoms with Crippen LogP contribution in [-0.4, -0.2) is 29.8 Å². The molecule has 26 heavy (non-hydrogen) atoms. The first-order valence-electron chi connectivity index (χ1n) is 8.17. The molecule has 0 radical (unpaired) electrons. The number of amides is 1. The fourth-order valence-electron chi connectivity index (χ4n) is 2.34. The highest BCUT2D eigenvalue weighted by Crippen LogP contribution is 2.22. The van der Waals surface area contributed by atoms with Crippen LogP contribution in [0.5, 0.6) is 11.5 Å². The van der Waals surface area contributed by atoms with Crippen molar-refractivity contribution in [2.45, 2.75) is 13.3 Å². The summed E-state index contributed by atoms with van der Waals surface area (Å²) in [6.07, 6.45) is 0.201. The second-order valence-corrected chi connectivity index (χ2v) is 5.44. The van der Waals surface area contributed by atoms with Gasteiger partial charge in [0.25, 0.3) is 0 Å². The highest BCUT2D eigenvalue weighted by molar-refractivity contribution is 5.90. The fourth-order valence-corrected chi connectivity index (χ4v) is 2.34. The largest absolute Gasteiger partial charge is 0.497 e. The third-order valence-corrected chi connectivity index (χ3v) is 3.61. The standard InChI is InChI=1S/C19H19N3O4/c1-3-25-16-8-4-13(5-9-16)12-17(23)20-19-22-21-18(26-19)14-6-10-15(24-2)11-7-14/h4-11H,3,12H2,1-2H3,(H,20,22,23). The maximum absolute atomic E-state index is 12.1. The van der Waals surface area contributed by atoms with Gasteiger partial charge in [-0.25, -0.2) is 0 Å². The Labute approximate surface area is 151 Å². The third kappa shape index (κ3) is 4.38. The molecule has 0 saturated heterocycles. The molecule has 2 aromatic carbocycles. The summed E-state index contributed by atoms with van der Waals surface area (Å²) >= 11 is 0. The van der Waals surface area contributed by atoms with Crippen LogP contribution in [0.3, 0.4) is 0 Å². The lowest BCUT2D eigenvalue weighted by atomic mass is 10.1. The number of aromatic nitrogens is 2. The molecule has 0 atom stereocenters. The van der Waals surface area contributed by atoms with Crippen molar-refractivity contribution in [1.82, 2.24) is 10.2 Å². The summed E-state index contributed by atoms with van der Waals surface area (Å²) in [4.78, 5) is 12.1. The first kappa shape index (κ1) is 17.5. The lowest BCUT2D eigenvalue weighted by Gasteiger charge is -2.04. The van der Waals surface area contributed by atoms with Gasteiger partial charge < -0.3 is 13.9 Å². The highest BCUT2D eigenvalue weighted by atomic mass is 16.5. The molecule has 0 fully saturated rings. The van der Waals surface area contributed by atoms with E-state index in [0.29, 0.717) is 12.5 Å². The summed E-state index contributed by atoms with van der Waals surface area (Å²) in [5.74, 6) is 1.60. The van der Waals surface area contributed by atoms with Gasteiger partial charge in [-0.05, 0) is 48.9 Å². The number of methoxy groups -OCH3 is 1. The quantitative estimate of drug-likeness (QED) is 0.701. The topological polar surface area (TPSA) is 86.5 Å². The summed E-state index contributed by atoms with van der Waals surface area (Å²) in [5.41, 5.74) is 1.60. The first-order chi connectivity index (χ1) is 12.7. The molecular weight excluding hydrogens is 334 g/mol. The van der Waals surface area contributed by atoms with Crippen LogP contribution in [0.25, 0.3) is 11.5 Å². The number of ether oxygens (including phenoxy) is 2. The molecule has 134 valence electrons. The zero-order valence-corrected chi connectivity index (χ0v) is 14.6. The maximum Gasteiger partial charge on any atom is 0.322 e. The van der Waals surface area contributed by atoms with Gasteiger partial charge in [0.15, 0.2) is 0 Å². The van der Waals surface area contributed by atoms with Crippen LogP contribution in [0.4, 0.5) is 6.01 Å². The summed E-state index contributed by atoms with van der Waals surface area (Å²) in [5, 5.41) is 10.4. The second-order valence-electron chi connectivity index (χ2n) is 5.44. The van der Waals surface area contributed by atoms with E-state index in [-0.39, 0.29) is 18.3 Å². The molecule has 0 bridgehead atoms. The van der Waals surface area contributed by atoms with Crippen molar-refractivity contribution < 1.29 is 18.7 Å². The lowest BCUT2D eigenvalue weighted by Crippen LogP contribution is -2.14. The molecule has 0 aliphatic rings. The average Bonchev–Trinajstić information content (AvgIpc) is 3.12. The van der Waals surface area contributed by atoms with Gasteiger partial charge in [0, 0.05) is 5.56 Å². The van der Waals surface area contributed by atoms with Gasteiger partial charge in [0.1, 0.15) is 11.5 Å².